The molecule has 1 fully saturated rings. The number of carboxylic acid groups (broad SMARTS) is 1. The number of hydrogen-bond donors (Lipinski definition) is 0. The van der Waals surface area contributed by atoms with E-state index in [2.05, 4.69) is 14.3 Å². The topological polar surface area (TPSA) is 78.4 Å². The number of methoxy groups -OCH3 is 1. The lowest BCUT2D eigenvalue weighted by Gasteiger charge is -2.31. The first kappa shape index (κ1) is 15.7. The Morgan fingerprint density at radius 2 is 2.22 bits per heavy atom. The summed E-state index contributed by atoms with van der Waals surface area (Å²) in [5.41, 5.74) is 1.10. The summed E-state index contributed by atoms with van der Waals surface area (Å²) in [6.45, 7) is 1.37. The number of hydrogen-bond acceptors (Lipinski definition) is 7. The molecule has 0 unspecified atom stereocenters. The van der Waals surface area contributed by atoms with Crippen molar-refractivity contribution in [3.8, 4) is 5.75 Å². The van der Waals surface area contributed by atoms with Crippen LogP contribution >= 0.6 is 11.5 Å². The molecule has 1 aromatic heterocycles. The number of ether oxygens (including phenoxy) is 1. The first-order valence-corrected chi connectivity index (χ1v) is 8.34. The summed E-state index contributed by atoms with van der Waals surface area (Å²) >= 11 is 1.37. The van der Waals surface area contributed by atoms with Gasteiger partial charge in [-0.15, -0.1) is 0 Å². The molecule has 122 valence electrons. The van der Waals surface area contributed by atoms with Gasteiger partial charge in [-0.3, -0.25) is 0 Å². The number of rotatable bonds is 5. The van der Waals surface area contributed by atoms with Gasteiger partial charge in [0, 0.05) is 42.9 Å². The Morgan fingerprint density at radius 1 is 1.43 bits per heavy atom. The quantitative estimate of drug-likeness (QED) is 0.816. The van der Waals surface area contributed by atoms with Crippen molar-refractivity contribution >= 4 is 22.6 Å². The zero-order valence-corrected chi connectivity index (χ0v) is 13.7. The standard InChI is InChI=1S/C16H19N3O3S/c1-22-13-4-2-3-11(9-13)10-14-17-16(23-18-14)19-7-5-12(6-8-19)15(20)21/h2-4,9,12H,5-8,10H2,1H3,(H,20,21)/p-1. The molecule has 0 amide bonds. The molecule has 0 bridgehead atoms. The summed E-state index contributed by atoms with van der Waals surface area (Å²) in [5, 5.41) is 11.8. The zero-order valence-electron chi connectivity index (χ0n) is 12.9. The maximum Gasteiger partial charge on any atom is 0.205 e. The Morgan fingerprint density at radius 3 is 2.91 bits per heavy atom. The van der Waals surface area contributed by atoms with Gasteiger partial charge in [0.05, 0.1) is 7.11 Å². The van der Waals surface area contributed by atoms with Crippen LogP contribution in [0.5, 0.6) is 5.75 Å². The van der Waals surface area contributed by atoms with Crippen LogP contribution in [0.25, 0.3) is 0 Å². The molecule has 0 aliphatic carbocycles. The minimum absolute atomic E-state index is 0.338. The largest absolute Gasteiger partial charge is 0.550 e. The van der Waals surface area contributed by atoms with E-state index in [9.17, 15) is 9.90 Å². The lowest BCUT2D eigenvalue weighted by Crippen LogP contribution is -2.41. The predicted molar refractivity (Wildman–Crippen MR) is 85.7 cm³/mol. The minimum atomic E-state index is -0.944. The van der Waals surface area contributed by atoms with E-state index in [0.29, 0.717) is 32.4 Å². The maximum atomic E-state index is 10.9. The molecular weight excluding hydrogens is 314 g/mol. The number of benzene rings is 1. The van der Waals surface area contributed by atoms with Gasteiger partial charge in [0.25, 0.3) is 0 Å². The van der Waals surface area contributed by atoms with Gasteiger partial charge >= 0.3 is 0 Å². The Labute approximate surface area is 138 Å². The minimum Gasteiger partial charge on any atom is -0.550 e. The van der Waals surface area contributed by atoms with Crippen LogP contribution in [-0.4, -0.2) is 35.5 Å². The summed E-state index contributed by atoms with van der Waals surface area (Å²) in [5.74, 6) is 0.318. The molecule has 0 N–H and O–H groups in total. The molecule has 2 aromatic rings. The maximum absolute atomic E-state index is 10.9. The first-order chi connectivity index (χ1) is 11.2. The summed E-state index contributed by atoms with van der Waals surface area (Å²) < 4.78 is 9.64. The van der Waals surface area contributed by atoms with E-state index in [1.54, 1.807) is 7.11 Å². The van der Waals surface area contributed by atoms with Gasteiger partial charge in [-0.05, 0) is 30.5 Å². The van der Waals surface area contributed by atoms with Crippen LogP contribution in [0.2, 0.25) is 0 Å². The summed E-state index contributed by atoms with van der Waals surface area (Å²) in [6, 6.07) is 7.86. The van der Waals surface area contributed by atoms with E-state index < -0.39 is 5.97 Å². The van der Waals surface area contributed by atoms with Crippen LogP contribution in [0, 0.1) is 5.92 Å². The van der Waals surface area contributed by atoms with Gasteiger partial charge in [0.2, 0.25) is 5.13 Å². The second kappa shape index (κ2) is 6.95. The third-order valence-electron chi connectivity index (χ3n) is 4.05. The number of aliphatic carboxylic acids is 1. The molecule has 0 radical (unpaired) electrons. The molecule has 0 atom stereocenters. The average molecular weight is 332 g/mol. The second-order valence-corrected chi connectivity index (χ2v) is 6.33. The van der Waals surface area contributed by atoms with Gasteiger partial charge in [0.15, 0.2) is 0 Å². The molecule has 6 nitrogen and oxygen atoms in total. The fraction of sp³-hybridized carbons (Fsp3) is 0.438. The molecule has 1 aromatic carbocycles. The molecule has 3 rings (SSSR count). The van der Waals surface area contributed by atoms with E-state index in [1.807, 2.05) is 24.3 Å². The van der Waals surface area contributed by atoms with E-state index in [-0.39, 0.29) is 5.92 Å². The molecule has 0 saturated carbocycles. The van der Waals surface area contributed by atoms with E-state index in [0.717, 1.165) is 22.3 Å². The molecule has 0 spiro atoms. The van der Waals surface area contributed by atoms with Crippen LogP contribution < -0.4 is 14.7 Å². The molecule has 7 heteroatoms. The van der Waals surface area contributed by atoms with E-state index in [4.69, 9.17) is 4.74 Å². The third-order valence-corrected chi connectivity index (χ3v) is 4.87. The molecule has 1 saturated heterocycles. The van der Waals surface area contributed by atoms with Crippen LogP contribution in [0.1, 0.15) is 24.2 Å². The number of piperidine rings is 1. The van der Waals surface area contributed by atoms with Crippen molar-refractivity contribution in [1.82, 2.24) is 9.36 Å². The van der Waals surface area contributed by atoms with Crippen LogP contribution in [-0.2, 0) is 11.2 Å². The number of carbonyl (C=O) groups is 1. The monoisotopic (exact) mass is 332 g/mol. The highest BCUT2D eigenvalue weighted by Crippen LogP contribution is 2.25. The van der Waals surface area contributed by atoms with Crippen LogP contribution in [0.15, 0.2) is 24.3 Å². The number of nitrogens with zero attached hydrogens (tertiary/aromatic N) is 3. The number of carbonyl (C=O) groups excluding carboxylic acids is 1. The van der Waals surface area contributed by atoms with Crippen molar-refractivity contribution < 1.29 is 14.6 Å². The van der Waals surface area contributed by atoms with Crippen molar-refractivity contribution in [1.29, 1.82) is 0 Å². The van der Waals surface area contributed by atoms with Crippen LogP contribution in [0.4, 0.5) is 5.13 Å². The van der Waals surface area contributed by atoms with Gasteiger partial charge in [-0.25, -0.2) is 4.98 Å². The van der Waals surface area contributed by atoms with Gasteiger partial charge in [-0.1, -0.05) is 12.1 Å². The Hall–Kier alpha value is -2.15. The summed E-state index contributed by atoms with van der Waals surface area (Å²) in [7, 11) is 1.65. The van der Waals surface area contributed by atoms with E-state index >= 15 is 0 Å². The second-order valence-electron chi connectivity index (χ2n) is 5.60. The molecule has 1 aliphatic rings. The van der Waals surface area contributed by atoms with E-state index in [1.165, 1.54) is 11.5 Å². The predicted octanol–water partition coefficient (Wildman–Crippen LogP) is 1.10. The Kier molecular flexibility index (Phi) is 4.76. The SMILES string of the molecule is COc1cccc(Cc2nsc(N3CCC(C(=O)[O-])CC3)n2)c1. The highest BCUT2D eigenvalue weighted by molar-refractivity contribution is 7.09. The number of carboxylic acids is 1. The van der Waals surface area contributed by atoms with Crippen molar-refractivity contribution in [3.05, 3.63) is 35.7 Å². The highest BCUT2D eigenvalue weighted by Gasteiger charge is 2.22. The van der Waals surface area contributed by atoms with Crippen LogP contribution in [0.3, 0.4) is 0 Å². The molecule has 23 heavy (non-hydrogen) atoms. The smallest absolute Gasteiger partial charge is 0.205 e. The number of anilines is 1. The Bertz CT molecular complexity index is 681. The van der Waals surface area contributed by atoms with Crippen molar-refractivity contribution in [2.75, 3.05) is 25.1 Å². The van der Waals surface area contributed by atoms with Crippen molar-refractivity contribution in [2.24, 2.45) is 5.92 Å². The normalized spacial score (nSPS) is 15.6. The van der Waals surface area contributed by atoms with Gasteiger partial charge in [0.1, 0.15) is 11.6 Å². The fourth-order valence-electron chi connectivity index (χ4n) is 2.72. The van der Waals surface area contributed by atoms with Crippen molar-refractivity contribution in [3.63, 3.8) is 0 Å². The number of aromatic nitrogens is 2. The lowest BCUT2D eigenvalue weighted by molar-refractivity contribution is -0.312. The third kappa shape index (κ3) is 3.79. The van der Waals surface area contributed by atoms with Gasteiger partial charge < -0.3 is 19.5 Å². The molecule has 1 aliphatic heterocycles. The fourth-order valence-corrected chi connectivity index (χ4v) is 3.45. The Balaban J connectivity index is 1.63. The van der Waals surface area contributed by atoms with Crippen molar-refractivity contribution in [2.45, 2.75) is 19.3 Å². The summed E-state index contributed by atoms with van der Waals surface area (Å²) in [4.78, 5) is 17.6. The first-order valence-electron chi connectivity index (χ1n) is 7.57. The lowest BCUT2D eigenvalue weighted by atomic mass is 9.98. The van der Waals surface area contributed by atoms with Gasteiger partial charge in [-0.2, -0.15) is 4.37 Å². The summed E-state index contributed by atoms with van der Waals surface area (Å²) in [6.07, 6.45) is 1.86. The highest BCUT2D eigenvalue weighted by atomic mass is 32.1. The molecular formula is C16H18N3O3S-. The average Bonchev–Trinajstić information content (AvgIpc) is 3.03. The zero-order chi connectivity index (χ0) is 16.2. The molecule has 2 heterocycles.